The van der Waals surface area contributed by atoms with Crippen LogP contribution in [0.15, 0.2) is 18.2 Å². The topological polar surface area (TPSA) is 52.5 Å². The van der Waals surface area contributed by atoms with E-state index in [9.17, 15) is 14.6 Å². The van der Waals surface area contributed by atoms with Crippen LogP contribution in [-0.4, -0.2) is 22.4 Å². The number of halogens is 1. The van der Waals surface area contributed by atoms with Crippen molar-refractivity contribution in [1.29, 1.82) is 0 Å². The summed E-state index contributed by atoms with van der Waals surface area (Å²) in [5, 5.41) is 22.9. The third-order valence-electron chi connectivity index (χ3n) is 3.60. The Morgan fingerprint density at radius 2 is 1.94 bits per heavy atom. The molecule has 0 aromatic heterocycles. The van der Waals surface area contributed by atoms with Crippen molar-refractivity contribution >= 4 is 0 Å². The van der Waals surface area contributed by atoms with Gasteiger partial charge in [0.2, 0.25) is 0 Å². The van der Waals surface area contributed by atoms with Crippen LogP contribution in [0, 0.1) is 5.82 Å². The Bertz CT molecular complexity index is 403. The van der Waals surface area contributed by atoms with Crippen molar-refractivity contribution in [2.75, 3.05) is 6.54 Å². The van der Waals surface area contributed by atoms with Crippen molar-refractivity contribution in [2.45, 2.75) is 44.2 Å². The molecule has 0 radical (unpaired) electrons. The molecular formula is C14H20FNO2. The average Bonchev–Trinajstić information content (AvgIpc) is 2.34. The third-order valence-corrected chi connectivity index (χ3v) is 3.60. The zero-order chi connectivity index (χ0) is 13.0. The normalized spacial score (nSPS) is 18.8. The number of aliphatic hydroxyl groups is 1. The summed E-state index contributed by atoms with van der Waals surface area (Å²) in [7, 11) is 0. The Hall–Kier alpha value is -1.13. The molecule has 0 saturated heterocycles. The lowest BCUT2D eigenvalue weighted by molar-refractivity contribution is 0.00463. The molecule has 1 aromatic rings. The van der Waals surface area contributed by atoms with Crippen molar-refractivity contribution in [2.24, 2.45) is 0 Å². The molecule has 0 amide bonds. The lowest BCUT2D eigenvalue weighted by Gasteiger charge is -2.32. The fourth-order valence-corrected chi connectivity index (χ4v) is 2.51. The molecule has 3 nitrogen and oxygen atoms in total. The first-order valence-electron chi connectivity index (χ1n) is 6.50. The number of hydrogen-bond acceptors (Lipinski definition) is 3. The van der Waals surface area contributed by atoms with Gasteiger partial charge >= 0.3 is 0 Å². The minimum absolute atomic E-state index is 0.0829. The minimum Gasteiger partial charge on any atom is -0.508 e. The van der Waals surface area contributed by atoms with E-state index in [1.165, 1.54) is 24.6 Å². The Labute approximate surface area is 107 Å². The maximum Gasteiger partial charge on any atom is 0.123 e. The van der Waals surface area contributed by atoms with Gasteiger partial charge in [-0.2, -0.15) is 0 Å². The molecule has 0 atom stereocenters. The van der Waals surface area contributed by atoms with Gasteiger partial charge in [0.1, 0.15) is 11.6 Å². The molecule has 1 saturated carbocycles. The molecular weight excluding hydrogens is 233 g/mol. The molecule has 0 bridgehead atoms. The number of aromatic hydroxyl groups is 1. The number of phenols is 1. The maximum atomic E-state index is 13.0. The molecule has 0 spiro atoms. The highest BCUT2D eigenvalue weighted by molar-refractivity contribution is 5.32. The van der Waals surface area contributed by atoms with Gasteiger partial charge in [0.25, 0.3) is 0 Å². The predicted molar refractivity (Wildman–Crippen MR) is 67.8 cm³/mol. The molecule has 1 aliphatic carbocycles. The quantitative estimate of drug-likeness (QED) is 0.772. The first kappa shape index (κ1) is 13.3. The zero-order valence-corrected chi connectivity index (χ0v) is 10.5. The second-order valence-corrected chi connectivity index (χ2v) is 5.16. The van der Waals surface area contributed by atoms with Gasteiger partial charge in [0.15, 0.2) is 0 Å². The van der Waals surface area contributed by atoms with Gasteiger partial charge in [0, 0.05) is 18.7 Å². The molecule has 18 heavy (non-hydrogen) atoms. The Morgan fingerprint density at radius 3 is 2.67 bits per heavy atom. The molecule has 4 heteroatoms. The summed E-state index contributed by atoms with van der Waals surface area (Å²) < 4.78 is 13.0. The molecule has 1 fully saturated rings. The van der Waals surface area contributed by atoms with E-state index in [4.69, 9.17) is 0 Å². The predicted octanol–water partition coefficient (Wildman–Crippen LogP) is 2.32. The van der Waals surface area contributed by atoms with Gasteiger partial charge in [-0.25, -0.2) is 4.39 Å². The van der Waals surface area contributed by atoms with E-state index in [0.29, 0.717) is 18.7 Å². The summed E-state index contributed by atoms with van der Waals surface area (Å²) in [6.07, 6.45) is 4.93. The number of phenolic OH excluding ortho intramolecular Hbond substituents is 1. The van der Waals surface area contributed by atoms with Crippen molar-refractivity contribution in [3.63, 3.8) is 0 Å². The van der Waals surface area contributed by atoms with Crippen LogP contribution in [0.25, 0.3) is 0 Å². The highest BCUT2D eigenvalue weighted by atomic mass is 19.1. The van der Waals surface area contributed by atoms with Crippen LogP contribution >= 0.6 is 0 Å². The van der Waals surface area contributed by atoms with Gasteiger partial charge in [-0.15, -0.1) is 0 Å². The Kier molecular flexibility index (Phi) is 4.19. The first-order valence-corrected chi connectivity index (χ1v) is 6.50. The summed E-state index contributed by atoms with van der Waals surface area (Å²) in [6, 6.07) is 3.89. The number of rotatable bonds is 4. The summed E-state index contributed by atoms with van der Waals surface area (Å²) >= 11 is 0. The van der Waals surface area contributed by atoms with Crippen LogP contribution in [0.3, 0.4) is 0 Å². The van der Waals surface area contributed by atoms with Crippen molar-refractivity contribution in [3.8, 4) is 5.75 Å². The highest BCUT2D eigenvalue weighted by Crippen LogP contribution is 2.27. The zero-order valence-electron chi connectivity index (χ0n) is 10.5. The van der Waals surface area contributed by atoms with Crippen LogP contribution in [0.2, 0.25) is 0 Å². The standard InChI is InChI=1S/C14H20FNO2/c15-12-4-5-13(17)11(8-12)9-16-10-14(18)6-2-1-3-7-14/h4-5,8,16-18H,1-3,6-7,9-10H2. The molecule has 3 N–H and O–H groups in total. The maximum absolute atomic E-state index is 13.0. The highest BCUT2D eigenvalue weighted by Gasteiger charge is 2.28. The minimum atomic E-state index is -0.638. The van der Waals surface area contributed by atoms with Gasteiger partial charge in [-0.3, -0.25) is 0 Å². The molecule has 0 unspecified atom stereocenters. The number of nitrogens with one attached hydrogen (secondary N) is 1. The lowest BCUT2D eigenvalue weighted by atomic mass is 9.85. The first-order chi connectivity index (χ1) is 8.59. The Morgan fingerprint density at radius 1 is 1.22 bits per heavy atom. The SMILES string of the molecule is Oc1ccc(F)cc1CNCC1(O)CCCCC1. The monoisotopic (exact) mass is 253 g/mol. The number of benzene rings is 1. The van der Waals surface area contributed by atoms with Crippen LogP contribution in [0.5, 0.6) is 5.75 Å². The third kappa shape index (κ3) is 3.43. The van der Waals surface area contributed by atoms with Crippen molar-refractivity contribution in [3.05, 3.63) is 29.6 Å². The molecule has 0 aliphatic heterocycles. The van der Waals surface area contributed by atoms with Gasteiger partial charge < -0.3 is 15.5 Å². The largest absolute Gasteiger partial charge is 0.508 e. The van der Waals surface area contributed by atoms with E-state index >= 15 is 0 Å². The second-order valence-electron chi connectivity index (χ2n) is 5.16. The fraction of sp³-hybridized carbons (Fsp3) is 0.571. The van der Waals surface area contributed by atoms with Gasteiger partial charge in [-0.05, 0) is 31.0 Å². The molecule has 2 rings (SSSR count). The van der Waals surface area contributed by atoms with Crippen molar-refractivity contribution in [1.82, 2.24) is 5.32 Å². The van der Waals surface area contributed by atoms with E-state index in [0.717, 1.165) is 25.7 Å². The van der Waals surface area contributed by atoms with Gasteiger partial charge in [0.05, 0.1) is 5.60 Å². The summed E-state index contributed by atoms with van der Waals surface area (Å²) in [5.41, 5.74) is -0.115. The molecule has 0 heterocycles. The fourth-order valence-electron chi connectivity index (χ4n) is 2.51. The van der Waals surface area contributed by atoms with Crippen LogP contribution < -0.4 is 5.32 Å². The van der Waals surface area contributed by atoms with E-state index in [2.05, 4.69) is 5.32 Å². The lowest BCUT2D eigenvalue weighted by Crippen LogP contribution is -2.41. The van der Waals surface area contributed by atoms with Crippen LogP contribution in [-0.2, 0) is 6.54 Å². The smallest absolute Gasteiger partial charge is 0.123 e. The van der Waals surface area contributed by atoms with E-state index < -0.39 is 5.60 Å². The molecule has 1 aromatic carbocycles. The summed E-state index contributed by atoms with van der Waals surface area (Å²) in [5.74, 6) is -0.277. The molecule has 100 valence electrons. The number of hydrogen-bond donors (Lipinski definition) is 3. The second kappa shape index (κ2) is 5.67. The van der Waals surface area contributed by atoms with E-state index in [-0.39, 0.29) is 11.6 Å². The van der Waals surface area contributed by atoms with E-state index in [1.807, 2.05) is 0 Å². The van der Waals surface area contributed by atoms with Crippen molar-refractivity contribution < 1.29 is 14.6 Å². The average molecular weight is 253 g/mol. The summed E-state index contributed by atoms with van der Waals surface area (Å²) in [6.45, 7) is 0.856. The molecule has 1 aliphatic rings. The van der Waals surface area contributed by atoms with Crippen LogP contribution in [0.1, 0.15) is 37.7 Å². The van der Waals surface area contributed by atoms with Gasteiger partial charge in [-0.1, -0.05) is 19.3 Å². The van der Waals surface area contributed by atoms with E-state index in [1.54, 1.807) is 0 Å². The summed E-state index contributed by atoms with van der Waals surface area (Å²) in [4.78, 5) is 0. The van der Waals surface area contributed by atoms with Crippen LogP contribution in [0.4, 0.5) is 4.39 Å². The Balaban J connectivity index is 1.86.